The summed E-state index contributed by atoms with van der Waals surface area (Å²) in [5.41, 5.74) is 0.657. The number of rotatable bonds is 3. The van der Waals surface area contributed by atoms with Gasteiger partial charge in [-0.2, -0.15) is 0 Å². The third-order valence-corrected chi connectivity index (χ3v) is 3.45. The molecule has 1 N–H and O–H groups in total. The molecule has 17 heavy (non-hydrogen) atoms. The lowest BCUT2D eigenvalue weighted by Gasteiger charge is -2.16. The minimum Gasteiger partial charge on any atom is -0.338 e. The zero-order valence-electron chi connectivity index (χ0n) is 9.82. The van der Waals surface area contributed by atoms with E-state index in [1.165, 1.54) is 0 Å². The van der Waals surface area contributed by atoms with Crippen molar-refractivity contribution < 1.29 is 4.79 Å². The van der Waals surface area contributed by atoms with Crippen LogP contribution in [-0.2, 0) is 0 Å². The van der Waals surface area contributed by atoms with Crippen molar-refractivity contribution in [3.8, 4) is 0 Å². The van der Waals surface area contributed by atoms with E-state index in [-0.39, 0.29) is 5.91 Å². The van der Waals surface area contributed by atoms with E-state index in [2.05, 4.69) is 26.2 Å². The van der Waals surface area contributed by atoms with Gasteiger partial charge in [-0.25, -0.2) is 0 Å². The van der Waals surface area contributed by atoms with Gasteiger partial charge in [0.25, 0.3) is 5.91 Å². The zero-order chi connectivity index (χ0) is 12.3. The predicted molar refractivity (Wildman–Crippen MR) is 69.9 cm³/mol. The Kier molecular flexibility index (Phi) is 4.12. The Morgan fingerprint density at radius 3 is 3.18 bits per heavy atom. The Bertz CT molecular complexity index is 410. The Hall–Kier alpha value is -0.940. The molecule has 1 aromatic heterocycles. The number of carbonyl (C=O) groups excluding carboxylic acids is 1. The van der Waals surface area contributed by atoms with Crippen LogP contribution in [0.1, 0.15) is 16.8 Å². The van der Waals surface area contributed by atoms with Gasteiger partial charge in [-0.05, 0) is 47.9 Å². The molecule has 0 radical (unpaired) electrons. The Morgan fingerprint density at radius 1 is 1.65 bits per heavy atom. The van der Waals surface area contributed by atoms with Crippen molar-refractivity contribution in [1.29, 1.82) is 0 Å². The fourth-order valence-electron chi connectivity index (χ4n) is 2.18. The number of carbonyl (C=O) groups is 1. The molecule has 0 saturated carbocycles. The smallest absolute Gasteiger partial charge is 0.255 e. The van der Waals surface area contributed by atoms with Crippen LogP contribution in [0.3, 0.4) is 0 Å². The predicted octanol–water partition coefficient (Wildman–Crippen LogP) is 1.53. The van der Waals surface area contributed by atoms with Crippen LogP contribution in [0, 0.1) is 5.92 Å². The Labute approximate surface area is 110 Å². The molecule has 2 heterocycles. The zero-order valence-corrected chi connectivity index (χ0v) is 11.4. The number of aromatic nitrogens is 1. The summed E-state index contributed by atoms with van der Waals surface area (Å²) in [6.45, 7) is 2.66. The van der Waals surface area contributed by atoms with Gasteiger partial charge in [0, 0.05) is 30.0 Å². The molecule has 0 aromatic carbocycles. The maximum atomic E-state index is 12.2. The summed E-state index contributed by atoms with van der Waals surface area (Å²) in [6.07, 6.45) is 4.39. The number of amides is 1. The van der Waals surface area contributed by atoms with E-state index >= 15 is 0 Å². The van der Waals surface area contributed by atoms with Crippen LogP contribution >= 0.6 is 15.9 Å². The van der Waals surface area contributed by atoms with Gasteiger partial charge in [-0.15, -0.1) is 0 Å². The van der Waals surface area contributed by atoms with E-state index < -0.39 is 0 Å². The highest BCUT2D eigenvalue weighted by atomic mass is 79.9. The highest BCUT2D eigenvalue weighted by Crippen LogP contribution is 2.19. The molecule has 0 spiro atoms. The van der Waals surface area contributed by atoms with E-state index in [1.807, 2.05) is 18.0 Å². The fraction of sp³-hybridized carbons (Fsp3) is 0.500. The topological polar surface area (TPSA) is 45.2 Å². The minimum absolute atomic E-state index is 0.0809. The first-order valence-electron chi connectivity index (χ1n) is 5.75. The lowest BCUT2D eigenvalue weighted by molar-refractivity contribution is 0.0786. The molecule has 1 aliphatic rings. The molecule has 5 heteroatoms. The lowest BCUT2D eigenvalue weighted by Crippen LogP contribution is -2.30. The molecule has 0 aliphatic carbocycles. The van der Waals surface area contributed by atoms with Crippen molar-refractivity contribution in [2.75, 3.05) is 26.7 Å². The van der Waals surface area contributed by atoms with Crippen molar-refractivity contribution in [2.45, 2.75) is 6.42 Å². The van der Waals surface area contributed by atoms with E-state index in [9.17, 15) is 4.79 Å². The molecular formula is C12H16BrN3O. The van der Waals surface area contributed by atoms with Crippen LogP contribution < -0.4 is 5.32 Å². The maximum Gasteiger partial charge on any atom is 0.255 e. The molecule has 2 rings (SSSR count). The van der Waals surface area contributed by atoms with Crippen LogP contribution in [0.2, 0.25) is 0 Å². The average Bonchev–Trinajstić information content (AvgIpc) is 2.77. The number of halogens is 1. The molecule has 1 aliphatic heterocycles. The van der Waals surface area contributed by atoms with Gasteiger partial charge in [0.1, 0.15) is 0 Å². The van der Waals surface area contributed by atoms with Gasteiger partial charge in [-0.1, -0.05) is 0 Å². The number of hydrogen-bond donors (Lipinski definition) is 1. The standard InChI is InChI=1S/C12H16BrN3O/c1-14-5-9-2-3-16(8-9)12(17)10-4-11(13)7-15-6-10/h4,6-7,9,14H,2-3,5,8H2,1H3. The molecule has 92 valence electrons. The summed E-state index contributed by atoms with van der Waals surface area (Å²) in [6, 6.07) is 1.82. The highest BCUT2D eigenvalue weighted by Gasteiger charge is 2.26. The van der Waals surface area contributed by atoms with Crippen LogP contribution in [-0.4, -0.2) is 42.5 Å². The Morgan fingerprint density at radius 2 is 2.47 bits per heavy atom. The normalized spacial score (nSPS) is 19.6. The van der Waals surface area contributed by atoms with Crippen LogP contribution in [0.15, 0.2) is 22.9 Å². The largest absolute Gasteiger partial charge is 0.338 e. The van der Waals surface area contributed by atoms with Crippen molar-refractivity contribution in [2.24, 2.45) is 5.92 Å². The summed E-state index contributed by atoms with van der Waals surface area (Å²) >= 11 is 3.33. The van der Waals surface area contributed by atoms with Crippen molar-refractivity contribution in [1.82, 2.24) is 15.2 Å². The second-order valence-corrected chi connectivity index (χ2v) is 5.27. The molecule has 0 bridgehead atoms. The molecule has 1 unspecified atom stereocenters. The van der Waals surface area contributed by atoms with Crippen LogP contribution in [0.5, 0.6) is 0 Å². The fourth-order valence-corrected chi connectivity index (χ4v) is 2.55. The van der Waals surface area contributed by atoms with E-state index in [0.29, 0.717) is 11.5 Å². The van der Waals surface area contributed by atoms with Crippen molar-refractivity contribution in [3.05, 3.63) is 28.5 Å². The SMILES string of the molecule is CNCC1CCN(C(=O)c2cncc(Br)c2)C1. The van der Waals surface area contributed by atoms with Gasteiger partial charge >= 0.3 is 0 Å². The van der Waals surface area contributed by atoms with Crippen LogP contribution in [0.4, 0.5) is 0 Å². The first-order chi connectivity index (χ1) is 8.20. The summed E-state index contributed by atoms with van der Waals surface area (Å²) in [5, 5.41) is 3.16. The van der Waals surface area contributed by atoms with Gasteiger partial charge in [0.15, 0.2) is 0 Å². The van der Waals surface area contributed by atoms with E-state index in [1.54, 1.807) is 12.4 Å². The van der Waals surface area contributed by atoms with Crippen molar-refractivity contribution >= 4 is 21.8 Å². The minimum atomic E-state index is 0.0809. The second-order valence-electron chi connectivity index (χ2n) is 4.36. The maximum absolute atomic E-state index is 12.2. The third kappa shape index (κ3) is 3.04. The third-order valence-electron chi connectivity index (χ3n) is 3.02. The first-order valence-corrected chi connectivity index (χ1v) is 6.54. The summed E-state index contributed by atoms with van der Waals surface area (Å²) in [7, 11) is 1.95. The summed E-state index contributed by atoms with van der Waals surface area (Å²) in [5.74, 6) is 0.654. The number of hydrogen-bond acceptors (Lipinski definition) is 3. The van der Waals surface area contributed by atoms with Gasteiger partial charge in [0.05, 0.1) is 5.56 Å². The summed E-state index contributed by atoms with van der Waals surface area (Å²) < 4.78 is 0.842. The average molecular weight is 298 g/mol. The molecule has 1 atom stereocenters. The first kappa shape index (κ1) is 12.5. The Balaban J connectivity index is 2.02. The molecule has 1 saturated heterocycles. The summed E-state index contributed by atoms with van der Waals surface area (Å²) in [4.78, 5) is 18.1. The number of nitrogens with zero attached hydrogens (tertiary/aromatic N) is 2. The second kappa shape index (κ2) is 5.60. The highest BCUT2D eigenvalue weighted by molar-refractivity contribution is 9.10. The van der Waals surface area contributed by atoms with Crippen molar-refractivity contribution in [3.63, 3.8) is 0 Å². The quantitative estimate of drug-likeness (QED) is 0.920. The number of pyridine rings is 1. The van der Waals surface area contributed by atoms with Gasteiger partial charge in [-0.3, -0.25) is 9.78 Å². The lowest BCUT2D eigenvalue weighted by atomic mass is 10.1. The van der Waals surface area contributed by atoms with Crippen LogP contribution in [0.25, 0.3) is 0 Å². The molecule has 1 aromatic rings. The number of nitrogens with one attached hydrogen (secondary N) is 1. The van der Waals surface area contributed by atoms with E-state index in [0.717, 1.165) is 30.5 Å². The monoisotopic (exact) mass is 297 g/mol. The molecular weight excluding hydrogens is 282 g/mol. The number of likely N-dealkylation sites (tertiary alicyclic amines) is 1. The van der Waals surface area contributed by atoms with E-state index in [4.69, 9.17) is 0 Å². The molecule has 1 amide bonds. The molecule has 1 fully saturated rings. The van der Waals surface area contributed by atoms with Gasteiger partial charge in [0.2, 0.25) is 0 Å². The van der Waals surface area contributed by atoms with Gasteiger partial charge < -0.3 is 10.2 Å². The molecule has 4 nitrogen and oxygen atoms in total.